The van der Waals surface area contributed by atoms with E-state index in [1.807, 2.05) is 13.8 Å². The van der Waals surface area contributed by atoms with Crippen LogP contribution in [0.2, 0.25) is 0 Å². The minimum atomic E-state index is -0.384. The number of hydrogen-bond acceptors (Lipinski definition) is 5. The van der Waals surface area contributed by atoms with Crippen molar-refractivity contribution in [2.75, 3.05) is 11.9 Å². The fourth-order valence-electron chi connectivity index (χ4n) is 3.61. The van der Waals surface area contributed by atoms with Crippen LogP contribution >= 0.6 is 0 Å². The molecule has 0 spiro atoms. The van der Waals surface area contributed by atoms with Gasteiger partial charge in [0, 0.05) is 36.0 Å². The number of carbonyl (C=O) groups is 3. The second-order valence-electron chi connectivity index (χ2n) is 7.63. The van der Waals surface area contributed by atoms with Gasteiger partial charge in [0.15, 0.2) is 0 Å². The molecule has 8 heteroatoms. The number of nitrogens with zero attached hydrogens (tertiary/aromatic N) is 2. The van der Waals surface area contributed by atoms with Crippen LogP contribution in [0.4, 0.5) is 5.69 Å². The van der Waals surface area contributed by atoms with Crippen molar-refractivity contribution < 1.29 is 14.4 Å². The summed E-state index contributed by atoms with van der Waals surface area (Å²) in [4.78, 5) is 57.6. The van der Waals surface area contributed by atoms with Crippen molar-refractivity contribution in [3.05, 3.63) is 81.3 Å². The third kappa shape index (κ3) is 4.20. The summed E-state index contributed by atoms with van der Waals surface area (Å²) in [6.45, 7) is 3.76. The minimum absolute atomic E-state index is 0.00958. The van der Waals surface area contributed by atoms with Crippen molar-refractivity contribution >= 4 is 23.4 Å². The summed E-state index contributed by atoms with van der Waals surface area (Å²) in [6.07, 6.45) is 0.597. The monoisotopic (exact) mass is 430 g/mol. The largest absolute Gasteiger partial charge is 0.326 e. The summed E-state index contributed by atoms with van der Waals surface area (Å²) < 4.78 is 0. The zero-order valence-corrected chi connectivity index (χ0v) is 17.8. The number of hydrogen-bond donors (Lipinski definition) is 2. The predicted octanol–water partition coefficient (Wildman–Crippen LogP) is 2.93. The van der Waals surface area contributed by atoms with Crippen LogP contribution in [-0.4, -0.2) is 39.1 Å². The number of benzene rings is 2. The smallest absolute Gasteiger partial charge is 0.261 e. The Morgan fingerprint density at radius 1 is 1.03 bits per heavy atom. The van der Waals surface area contributed by atoms with Gasteiger partial charge >= 0.3 is 0 Å². The molecule has 4 rings (SSSR count). The second kappa shape index (κ2) is 8.58. The third-order valence-corrected chi connectivity index (χ3v) is 5.27. The molecule has 2 heterocycles. The van der Waals surface area contributed by atoms with Crippen molar-refractivity contribution in [3.8, 4) is 11.4 Å². The first kappa shape index (κ1) is 21.2. The number of aromatic amines is 1. The molecule has 0 saturated heterocycles. The van der Waals surface area contributed by atoms with Crippen LogP contribution in [0.1, 0.15) is 45.3 Å². The zero-order chi connectivity index (χ0) is 22.8. The third-order valence-electron chi connectivity index (χ3n) is 5.27. The van der Waals surface area contributed by atoms with Gasteiger partial charge in [0.05, 0.1) is 11.1 Å². The molecule has 0 unspecified atom stereocenters. The van der Waals surface area contributed by atoms with Crippen molar-refractivity contribution in [2.24, 2.45) is 0 Å². The summed E-state index contributed by atoms with van der Waals surface area (Å²) in [5, 5.41) is 2.77. The van der Waals surface area contributed by atoms with E-state index in [-0.39, 0.29) is 36.2 Å². The molecule has 3 amide bonds. The van der Waals surface area contributed by atoms with Crippen molar-refractivity contribution in [3.63, 3.8) is 0 Å². The number of nitrogens with one attached hydrogen (secondary N) is 2. The summed E-state index contributed by atoms with van der Waals surface area (Å²) >= 11 is 0. The van der Waals surface area contributed by atoms with E-state index in [1.165, 1.54) is 6.07 Å². The number of amides is 3. The molecule has 8 nitrogen and oxygen atoms in total. The number of rotatable bonds is 6. The van der Waals surface area contributed by atoms with Gasteiger partial charge in [-0.1, -0.05) is 30.7 Å². The molecule has 2 N–H and O–H groups in total. The van der Waals surface area contributed by atoms with Crippen molar-refractivity contribution in [1.29, 1.82) is 0 Å². The molecular weight excluding hydrogens is 408 g/mol. The molecule has 32 heavy (non-hydrogen) atoms. The van der Waals surface area contributed by atoms with Gasteiger partial charge in [-0.3, -0.25) is 24.1 Å². The second-order valence-corrected chi connectivity index (χ2v) is 7.63. The number of aromatic nitrogens is 2. The molecule has 1 aromatic heterocycles. The highest BCUT2D eigenvalue weighted by Gasteiger charge is 2.35. The Bertz CT molecular complexity index is 1300. The maximum absolute atomic E-state index is 12.5. The molecule has 0 aliphatic carbocycles. The van der Waals surface area contributed by atoms with Gasteiger partial charge in [-0.25, -0.2) is 4.98 Å². The minimum Gasteiger partial charge on any atom is -0.326 e. The lowest BCUT2D eigenvalue weighted by Crippen LogP contribution is -2.32. The quantitative estimate of drug-likeness (QED) is 0.584. The first-order valence-electron chi connectivity index (χ1n) is 10.3. The molecule has 0 atom stereocenters. The Balaban J connectivity index is 1.43. The van der Waals surface area contributed by atoms with Crippen LogP contribution in [0.5, 0.6) is 0 Å². The molecular formula is C24H22N4O4. The van der Waals surface area contributed by atoms with E-state index in [1.54, 1.807) is 42.5 Å². The van der Waals surface area contributed by atoms with E-state index in [0.717, 1.165) is 10.5 Å². The number of fused-ring (bicyclic) bond motifs is 1. The molecule has 0 radical (unpaired) electrons. The standard InChI is InChI=1S/C24H22N4O4/c1-3-16-13-21(30)27-22(26-16)15-5-4-6-17(12-15)25-20(29)9-10-28-23(31)18-8-7-14(2)11-19(18)24(28)32/h4-8,11-13H,3,9-10H2,1-2H3,(H,25,29)(H,26,27,30). The highest BCUT2D eigenvalue weighted by atomic mass is 16.2. The average Bonchev–Trinajstić information content (AvgIpc) is 3.01. The molecule has 0 saturated carbocycles. The van der Waals surface area contributed by atoms with Crippen LogP contribution in [0.15, 0.2) is 53.3 Å². The zero-order valence-electron chi connectivity index (χ0n) is 17.8. The van der Waals surface area contributed by atoms with Crippen LogP contribution in [0.25, 0.3) is 11.4 Å². The van der Waals surface area contributed by atoms with Gasteiger partial charge in [-0.15, -0.1) is 0 Å². The Kier molecular flexibility index (Phi) is 5.68. The topological polar surface area (TPSA) is 112 Å². The van der Waals surface area contributed by atoms with Gasteiger partial charge in [0.25, 0.3) is 17.4 Å². The normalized spacial score (nSPS) is 12.8. The van der Waals surface area contributed by atoms with Crippen molar-refractivity contribution in [1.82, 2.24) is 14.9 Å². The predicted molar refractivity (Wildman–Crippen MR) is 119 cm³/mol. The Labute approximate surface area is 184 Å². The fourth-order valence-corrected chi connectivity index (χ4v) is 3.61. The molecule has 1 aliphatic heterocycles. The van der Waals surface area contributed by atoms with E-state index >= 15 is 0 Å². The lowest BCUT2D eigenvalue weighted by Gasteiger charge is -2.14. The molecule has 2 aromatic carbocycles. The van der Waals surface area contributed by atoms with E-state index in [2.05, 4.69) is 15.3 Å². The lowest BCUT2D eigenvalue weighted by atomic mass is 10.1. The maximum atomic E-state index is 12.5. The maximum Gasteiger partial charge on any atom is 0.261 e. The number of imide groups is 1. The van der Waals surface area contributed by atoms with E-state index in [4.69, 9.17) is 0 Å². The highest BCUT2D eigenvalue weighted by molar-refractivity contribution is 6.21. The summed E-state index contributed by atoms with van der Waals surface area (Å²) in [5.41, 5.74) is 3.25. The molecule has 1 aliphatic rings. The Morgan fingerprint density at radius 2 is 1.81 bits per heavy atom. The van der Waals surface area contributed by atoms with Crippen LogP contribution in [0.3, 0.4) is 0 Å². The van der Waals surface area contributed by atoms with E-state index < -0.39 is 0 Å². The van der Waals surface area contributed by atoms with Crippen LogP contribution in [-0.2, 0) is 11.2 Å². The molecule has 162 valence electrons. The number of carbonyl (C=O) groups excluding carboxylic acids is 3. The van der Waals surface area contributed by atoms with Gasteiger partial charge in [0.2, 0.25) is 5.91 Å². The van der Waals surface area contributed by atoms with Crippen LogP contribution < -0.4 is 10.9 Å². The lowest BCUT2D eigenvalue weighted by molar-refractivity contribution is -0.116. The van der Waals surface area contributed by atoms with Gasteiger partial charge in [-0.2, -0.15) is 0 Å². The highest BCUT2D eigenvalue weighted by Crippen LogP contribution is 2.24. The molecule has 0 bridgehead atoms. The fraction of sp³-hybridized carbons (Fsp3) is 0.208. The first-order valence-corrected chi connectivity index (χ1v) is 10.3. The van der Waals surface area contributed by atoms with Crippen molar-refractivity contribution in [2.45, 2.75) is 26.7 Å². The van der Waals surface area contributed by atoms with Gasteiger partial charge in [0.1, 0.15) is 5.82 Å². The SMILES string of the molecule is CCc1cc(=O)[nH]c(-c2cccc(NC(=O)CCN3C(=O)c4ccc(C)cc4C3=O)c2)n1. The number of anilines is 1. The van der Waals surface area contributed by atoms with Crippen LogP contribution in [0, 0.1) is 6.92 Å². The molecule has 0 fully saturated rings. The van der Waals surface area contributed by atoms with Gasteiger partial charge in [-0.05, 0) is 37.6 Å². The average molecular weight is 430 g/mol. The number of H-pyrrole nitrogens is 1. The first-order chi connectivity index (χ1) is 15.4. The summed E-state index contributed by atoms with van der Waals surface area (Å²) in [6, 6.07) is 13.5. The summed E-state index contributed by atoms with van der Waals surface area (Å²) in [5.74, 6) is -0.676. The van der Waals surface area contributed by atoms with E-state index in [0.29, 0.717) is 40.3 Å². The Morgan fingerprint density at radius 3 is 2.59 bits per heavy atom. The summed E-state index contributed by atoms with van der Waals surface area (Å²) in [7, 11) is 0. The molecule has 3 aromatic rings. The number of aryl methyl sites for hydroxylation is 2. The van der Waals surface area contributed by atoms with Gasteiger partial charge < -0.3 is 10.3 Å². The Hall–Kier alpha value is -4.07. The van der Waals surface area contributed by atoms with E-state index in [9.17, 15) is 19.2 Å².